The van der Waals surface area contributed by atoms with E-state index >= 15 is 0 Å². The maximum Gasteiger partial charge on any atom is 0.269 e. The Hall–Kier alpha value is -1.60. The minimum atomic E-state index is -0.638. The number of nitrogens with two attached hydrogens (primary N) is 2. The number of non-ortho nitro benzene ring substituents is 1. The number of benzene rings is 1. The lowest BCUT2D eigenvalue weighted by atomic mass is 10.2. The number of amides is 1. The lowest BCUT2D eigenvalue weighted by molar-refractivity contribution is -0.384. The molecule has 0 aliphatic heterocycles. The van der Waals surface area contributed by atoms with Crippen molar-refractivity contribution in [2.75, 3.05) is 5.75 Å². The molecule has 0 aromatic heterocycles. The van der Waals surface area contributed by atoms with Gasteiger partial charge in [0.25, 0.3) is 5.69 Å². The van der Waals surface area contributed by atoms with Gasteiger partial charge < -0.3 is 11.5 Å². The highest BCUT2D eigenvalue weighted by Crippen LogP contribution is 2.22. The predicted molar refractivity (Wildman–Crippen MR) is 65.6 cm³/mol. The number of rotatable bonds is 6. The molecular formula is C10H13N3O3S. The third-order valence-corrected chi connectivity index (χ3v) is 3.16. The summed E-state index contributed by atoms with van der Waals surface area (Å²) in [6.07, 6.45) is 0.483. The van der Waals surface area contributed by atoms with E-state index < -0.39 is 16.9 Å². The van der Waals surface area contributed by atoms with Crippen LogP contribution in [0.3, 0.4) is 0 Å². The molecular weight excluding hydrogens is 242 g/mol. The summed E-state index contributed by atoms with van der Waals surface area (Å²) in [4.78, 5) is 21.5. The molecule has 1 aromatic carbocycles. The topological polar surface area (TPSA) is 112 Å². The third kappa shape index (κ3) is 4.41. The van der Waals surface area contributed by atoms with Crippen LogP contribution in [0.1, 0.15) is 6.42 Å². The van der Waals surface area contributed by atoms with Crippen LogP contribution in [0.4, 0.5) is 5.69 Å². The summed E-state index contributed by atoms with van der Waals surface area (Å²) in [6.45, 7) is 0. The lowest BCUT2D eigenvalue weighted by Crippen LogP contribution is -2.36. The molecule has 1 rings (SSSR count). The molecule has 0 heterocycles. The summed E-state index contributed by atoms with van der Waals surface area (Å²) < 4.78 is 0. The van der Waals surface area contributed by atoms with E-state index in [0.717, 1.165) is 4.90 Å². The van der Waals surface area contributed by atoms with Gasteiger partial charge in [0.2, 0.25) is 5.91 Å². The molecule has 0 aliphatic rings. The Morgan fingerprint density at radius 2 is 2.00 bits per heavy atom. The zero-order chi connectivity index (χ0) is 12.8. The second-order valence-corrected chi connectivity index (χ2v) is 4.57. The van der Waals surface area contributed by atoms with E-state index in [9.17, 15) is 14.9 Å². The number of primary amides is 1. The van der Waals surface area contributed by atoms with Gasteiger partial charge in [-0.1, -0.05) is 0 Å². The number of nitro groups is 1. The first kappa shape index (κ1) is 13.5. The molecule has 1 unspecified atom stereocenters. The number of hydrogen-bond acceptors (Lipinski definition) is 5. The van der Waals surface area contributed by atoms with Gasteiger partial charge in [-0.05, 0) is 24.3 Å². The monoisotopic (exact) mass is 255 g/mol. The lowest BCUT2D eigenvalue weighted by Gasteiger charge is -2.06. The number of carbonyl (C=O) groups is 1. The maximum absolute atomic E-state index is 10.7. The van der Waals surface area contributed by atoms with E-state index in [-0.39, 0.29) is 5.69 Å². The summed E-state index contributed by atoms with van der Waals surface area (Å²) >= 11 is 1.48. The first-order valence-electron chi connectivity index (χ1n) is 4.93. The van der Waals surface area contributed by atoms with Gasteiger partial charge >= 0.3 is 0 Å². The number of nitro benzene ring substituents is 1. The molecule has 0 saturated carbocycles. The molecule has 0 fully saturated rings. The molecule has 0 bridgehead atoms. The van der Waals surface area contributed by atoms with Crippen molar-refractivity contribution in [3.8, 4) is 0 Å². The Kier molecular flexibility index (Phi) is 4.92. The Balaban J connectivity index is 2.42. The smallest absolute Gasteiger partial charge is 0.269 e. The van der Waals surface area contributed by atoms with E-state index in [2.05, 4.69) is 0 Å². The summed E-state index contributed by atoms with van der Waals surface area (Å²) in [5.74, 6) is 0.122. The first-order chi connectivity index (χ1) is 8.00. The molecule has 6 nitrogen and oxygen atoms in total. The minimum absolute atomic E-state index is 0.0585. The molecule has 0 radical (unpaired) electrons. The third-order valence-electron chi connectivity index (χ3n) is 2.11. The second-order valence-electron chi connectivity index (χ2n) is 3.40. The van der Waals surface area contributed by atoms with Crippen molar-refractivity contribution in [1.29, 1.82) is 0 Å². The van der Waals surface area contributed by atoms with Crippen molar-refractivity contribution in [3.63, 3.8) is 0 Å². The fourth-order valence-corrected chi connectivity index (χ4v) is 2.05. The molecule has 0 spiro atoms. The average Bonchev–Trinajstić information content (AvgIpc) is 2.29. The van der Waals surface area contributed by atoms with Crippen molar-refractivity contribution in [2.24, 2.45) is 11.5 Å². The van der Waals surface area contributed by atoms with Gasteiger partial charge in [0.15, 0.2) is 0 Å². The summed E-state index contributed by atoms with van der Waals surface area (Å²) in [6, 6.07) is 5.57. The van der Waals surface area contributed by atoms with Gasteiger partial charge in [0, 0.05) is 17.0 Å². The number of nitrogens with zero attached hydrogens (tertiary/aromatic N) is 1. The van der Waals surface area contributed by atoms with E-state index in [1.54, 1.807) is 12.1 Å². The largest absolute Gasteiger partial charge is 0.368 e. The SMILES string of the molecule is NC(=O)C(N)CCSc1ccc([N+](=O)[O-])cc1. The zero-order valence-electron chi connectivity index (χ0n) is 9.04. The zero-order valence-corrected chi connectivity index (χ0v) is 9.85. The van der Waals surface area contributed by atoms with E-state index in [4.69, 9.17) is 11.5 Å². The van der Waals surface area contributed by atoms with Gasteiger partial charge in [-0.25, -0.2) is 0 Å². The highest BCUT2D eigenvalue weighted by molar-refractivity contribution is 7.99. The first-order valence-corrected chi connectivity index (χ1v) is 5.91. The van der Waals surface area contributed by atoms with Gasteiger partial charge in [-0.15, -0.1) is 11.8 Å². The van der Waals surface area contributed by atoms with Crippen LogP contribution < -0.4 is 11.5 Å². The van der Waals surface area contributed by atoms with Crippen LogP contribution in [-0.4, -0.2) is 22.6 Å². The van der Waals surface area contributed by atoms with Crippen molar-refractivity contribution in [2.45, 2.75) is 17.4 Å². The van der Waals surface area contributed by atoms with Crippen molar-refractivity contribution in [1.82, 2.24) is 0 Å². The van der Waals surface area contributed by atoms with E-state index in [0.29, 0.717) is 12.2 Å². The molecule has 4 N–H and O–H groups in total. The number of carbonyl (C=O) groups excluding carboxylic acids is 1. The van der Waals surface area contributed by atoms with Crippen LogP contribution in [-0.2, 0) is 4.79 Å². The maximum atomic E-state index is 10.7. The Morgan fingerprint density at radius 1 is 1.41 bits per heavy atom. The molecule has 1 amide bonds. The predicted octanol–water partition coefficient (Wildman–Crippen LogP) is 0.890. The average molecular weight is 255 g/mol. The minimum Gasteiger partial charge on any atom is -0.368 e. The van der Waals surface area contributed by atoms with Gasteiger partial charge in [0.1, 0.15) is 0 Å². The standard InChI is InChI=1S/C10H13N3O3S/c11-9(10(12)14)5-6-17-8-3-1-7(2-4-8)13(15)16/h1-4,9H,5-6,11H2,(H2,12,14). The summed E-state index contributed by atoms with van der Waals surface area (Å²) in [5.41, 5.74) is 10.5. The molecule has 7 heteroatoms. The number of hydrogen-bond donors (Lipinski definition) is 2. The molecule has 0 aliphatic carbocycles. The van der Waals surface area contributed by atoms with Gasteiger partial charge in [-0.3, -0.25) is 14.9 Å². The molecule has 17 heavy (non-hydrogen) atoms. The van der Waals surface area contributed by atoms with Crippen LogP contribution in [0, 0.1) is 10.1 Å². The van der Waals surface area contributed by atoms with E-state index in [1.807, 2.05) is 0 Å². The molecule has 1 atom stereocenters. The molecule has 1 aromatic rings. The quantitative estimate of drug-likeness (QED) is 0.445. The van der Waals surface area contributed by atoms with Crippen molar-refractivity contribution < 1.29 is 9.72 Å². The van der Waals surface area contributed by atoms with Gasteiger partial charge in [-0.2, -0.15) is 0 Å². The highest BCUT2D eigenvalue weighted by atomic mass is 32.2. The van der Waals surface area contributed by atoms with Crippen LogP contribution in [0.15, 0.2) is 29.2 Å². The van der Waals surface area contributed by atoms with E-state index in [1.165, 1.54) is 23.9 Å². The Morgan fingerprint density at radius 3 is 2.47 bits per heavy atom. The Labute approximate surface area is 103 Å². The number of thioether (sulfide) groups is 1. The van der Waals surface area contributed by atoms with Crippen molar-refractivity contribution >= 4 is 23.4 Å². The fraction of sp³-hybridized carbons (Fsp3) is 0.300. The highest BCUT2D eigenvalue weighted by Gasteiger charge is 2.09. The van der Waals surface area contributed by atoms with Crippen LogP contribution >= 0.6 is 11.8 Å². The second kappa shape index (κ2) is 6.21. The van der Waals surface area contributed by atoms with Crippen molar-refractivity contribution in [3.05, 3.63) is 34.4 Å². The molecule has 0 saturated heterocycles. The Bertz CT molecular complexity index is 408. The fourth-order valence-electron chi connectivity index (χ4n) is 1.11. The molecule has 92 valence electrons. The normalized spacial score (nSPS) is 12.1. The summed E-state index contributed by atoms with van der Waals surface area (Å²) in [7, 11) is 0. The van der Waals surface area contributed by atoms with Crippen LogP contribution in [0.2, 0.25) is 0 Å². The van der Waals surface area contributed by atoms with Crippen LogP contribution in [0.25, 0.3) is 0 Å². The van der Waals surface area contributed by atoms with Gasteiger partial charge in [0.05, 0.1) is 11.0 Å². The summed E-state index contributed by atoms with van der Waals surface area (Å²) in [5, 5.41) is 10.4. The van der Waals surface area contributed by atoms with Crippen LogP contribution in [0.5, 0.6) is 0 Å².